The second-order valence-corrected chi connectivity index (χ2v) is 5.71. The number of hydrogen-bond donors (Lipinski definition) is 2. The maximum absolute atomic E-state index is 6.00. The number of benzene rings is 1. The van der Waals surface area contributed by atoms with Crippen LogP contribution in [0.3, 0.4) is 0 Å². The molecule has 0 amide bonds. The highest BCUT2D eigenvalue weighted by Crippen LogP contribution is 2.31. The third kappa shape index (κ3) is 2.33. The summed E-state index contributed by atoms with van der Waals surface area (Å²) in [5.41, 5.74) is 5.82. The summed E-state index contributed by atoms with van der Waals surface area (Å²) in [6.45, 7) is 0. The van der Waals surface area contributed by atoms with Crippen LogP contribution in [0, 0.1) is 0 Å². The SMILES string of the molecule is NNc1nc(-c2ccc(Cl)c(Br)c2)nc2c1CCC2. The smallest absolute Gasteiger partial charge is 0.161 e. The summed E-state index contributed by atoms with van der Waals surface area (Å²) in [5.74, 6) is 6.95. The van der Waals surface area contributed by atoms with Gasteiger partial charge in [0.05, 0.1) is 5.02 Å². The first kappa shape index (κ1) is 12.8. The minimum Gasteiger partial charge on any atom is -0.308 e. The summed E-state index contributed by atoms with van der Waals surface area (Å²) in [7, 11) is 0. The van der Waals surface area contributed by atoms with Gasteiger partial charge in [0, 0.05) is 21.3 Å². The van der Waals surface area contributed by atoms with Gasteiger partial charge in [-0.25, -0.2) is 15.8 Å². The van der Waals surface area contributed by atoms with Gasteiger partial charge in [-0.05, 0) is 53.4 Å². The van der Waals surface area contributed by atoms with E-state index in [1.54, 1.807) is 0 Å². The number of nitrogens with zero attached hydrogens (tertiary/aromatic N) is 2. The van der Waals surface area contributed by atoms with Gasteiger partial charge in [-0.2, -0.15) is 0 Å². The molecule has 0 fully saturated rings. The molecule has 1 aliphatic rings. The van der Waals surface area contributed by atoms with E-state index in [2.05, 4.69) is 31.3 Å². The number of nitrogens with two attached hydrogens (primary N) is 1. The summed E-state index contributed by atoms with van der Waals surface area (Å²) < 4.78 is 0.832. The molecule has 3 rings (SSSR count). The van der Waals surface area contributed by atoms with Crippen LogP contribution in [0.5, 0.6) is 0 Å². The Hall–Kier alpha value is -1.17. The van der Waals surface area contributed by atoms with Crippen molar-refractivity contribution >= 4 is 33.3 Å². The zero-order valence-corrected chi connectivity index (χ0v) is 12.4. The fraction of sp³-hybridized carbons (Fsp3) is 0.231. The Balaban J connectivity index is 2.12. The van der Waals surface area contributed by atoms with Gasteiger partial charge in [0.15, 0.2) is 5.82 Å². The summed E-state index contributed by atoms with van der Waals surface area (Å²) in [6, 6.07) is 5.65. The van der Waals surface area contributed by atoms with Gasteiger partial charge >= 0.3 is 0 Å². The van der Waals surface area contributed by atoms with E-state index in [4.69, 9.17) is 17.4 Å². The highest BCUT2D eigenvalue weighted by molar-refractivity contribution is 9.10. The maximum atomic E-state index is 6.00. The number of hydrogen-bond acceptors (Lipinski definition) is 4. The number of aromatic nitrogens is 2. The Kier molecular flexibility index (Phi) is 3.43. The number of halogens is 2. The fourth-order valence-electron chi connectivity index (χ4n) is 2.32. The normalized spacial score (nSPS) is 13.4. The third-order valence-electron chi connectivity index (χ3n) is 3.25. The molecule has 0 atom stereocenters. The Morgan fingerprint density at radius 3 is 2.84 bits per heavy atom. The second-order valence-electron chi connectivity index (χ2n) is 4.45. The minimum atomic E-state index is 0.669. The molecule has 1 aliphatic carbocycles. The number of rotatable bonds is 2. The van der Waals surface area contributed by atoms with Crippen LogP contribution in [0.2, 0.25) is 5.02 Å². The maximum Gasteiger partial charge on any atom is 0.161 e. The van der Waals surface area contributed by atoms with E-state index in [-0.39, 0.29) is 0 Å². The van der Waals surface area contributed by atoms with Crippen molar-refractivity contribution in [3.8, 4) is 11.4 Å². The summed E-state index contributed by atoms with van der Waals surface area (Å²) >= 11 is 9.41. The van der Waals surface area contributed by atoms with Gasteiger partial charge in [-0.15, -0.1) is 0 Å². The van der Waals surface area contributed by atoms with Gasteiger partial charge in [0.2, 0.25) is 0 Å². The Labute approximate surface area is 124 Å². The molecular weight excluding hydrogens is 328 g/mol. The largest absolute Gasteiger partial charge is 0.308 e. The van der Waals surface area contributed by atoms with Crippen LogP contribution in [0.25, 0.3) is 11.4 Å². The van der Waals surface area contributed by atoms with E-state index < -0.39 is 0 Å². The van der Waals surface area contributed by atoms with E-state index in [1.807, 2.05) is 18.2 Å². The van der Waals surface area contributed by atoms with E-state index >= 15 is 0 Å². The molecule has 0 aliphatic heterocycles. The van der Waals surface area contributed by atoms with Crippen molar-refractivity contribution < 1.29 is 0 Å². The highest BCUT2D eigenvalue weighted by atomic mass is 79.9. The lowest BCUT2D eigenvalue weighted by molar-refractivity contribution is 0.900. The lowest BCUT2D eigenvalue weighted by Crippen LogP contribution is -2.12. The molecule has 1 aromatic carbocycles. The average Bonchev–Trinajstić information content (AvgIpc) is 2.89. The van der Waals surface area contributed by atoms with Crippen LogP contribution in [0.15, 0.2) is 22.7 Å². The Morgan fingerprint density at radius 2 is 2.11 bits per heavy atom. The molecule has 0 saturated heterocycles. The van der Waals surface area contributed by atoms with Crippen LogP contribution in [-0.2, 0) is 12.8 Å². The van der Waals surface area contributed by atoms with Gasteiger partial charge in [0.1, 0.15) is 5.82 Å². The van der Waals surface area contributed by atoms with Crippen LogP contribution < -0.4 is 11.3 Å². The fourth-order valence-corrected chi connectivity index (χ4v) is 2.81. The van der Waals surface area contributed by atoms with Crippen molar-refractivity contribution in [2.24, 2.45) is 5.84 Å². The molecule has 0 spiro atoms. The van der Waals surface area contributed by atoms with Crippen molar-refractivity contribution in [1.82, 2.24) is 9.97 Å². The lowest BCUT2D eigenvalue weighted by atomic mass is 10.2. The molecule has 1 heterocycles. The lowest BCUT2D eigenvalue weighted by Gasteiger charge is -2.09. The van der Waals surface area contributed by atoms with E-state index in [0.717, 1.165) is 46.4 Å². The first-order chi connectivity index (χ1) is 9.19. The van der Waals surface area contributed by atoms with Gasteiger partial charge in [-0.3, -0.25) is 0 Å². The molecule has 0 bridgehead atoms. The standard InChI is InChI=1S/C13H12BrClN4/c14-9-6-7(4-5-10(9)15)12-17-11-3-1-2-8(11)13(18-12)19-16/h4-6H,1-3,16H2,(H,17,18,19). The molecule has 98 valence electrons. The average molecular weight is 340 g/mol. The number of nitrogen functional groups attached to an aromatic ring is 1. The summed E-state index contributed by atoms with van der Waals surface area (Å²) in [4.78, 5) is 9.13. The van der Waals surface area contributed by atoms with Crippen LogP contribution in [0.4, 0.5) is 5.82 Å². The van der Waals surface area contributed by atoms with Crippen molar-refractivity contribution in [1.29, 1.82) is 0 Å². The Bertz CT molecular complexity index is 645. The van der Waals surface area contributed by atoms with E-state index in [0.29, 0.717) is 10.8 Å². The van der Waals surface area contributed by atoms with Gasteiger partial charge < -0.3 is 5.43 Å². The first-order valence-corrected chi connectivity index (χ1v) is 7.18. The quantitative estimate of drug-likeness (QED) is 0.650. The van der Waals surface area contributed by atoms with Crippen LogP contribution >= 0.6 is 27.5 Å². The van der Waals surface area contributed by atoms with Crippen molar-refractivity contribution in [2.45, 2.75) is 19.3 Å². The molecule has 3 N–H and O–H groups in total. The molecule has 4 nitrogen and oxygen atoms in total. The van der Waals surface area contributed by atoms with Crippen molar-refractivity contribution in [2.75, 3.05) is 5.43 Å². The van der Waals surface area contributed by atoms with Crippen molar-refractivity contribution in [3.63, 3.8) is 0 Å². The predicted molar refractivity (Wildman–Crippen MR) is 80.0 cm³/mol. The molecule has 0 saturated carbocycles. The van der Waals surface area contributed by atoms with Crippen LogP contribution in [-0.4, -0.2) is 9.97 Å². The molecule has 0 unspecified atom stereocenters. The van der Waals surface area contributed by atoms with Crippen LogP contribution in [0.1, 0.15) is 17.7 Å². The molecule has 0 radical (unpaired) electrons. The topological polar surface area (TPSA) is 63.8 Å². The molecule has 19 heavy (non-hydrogen) atoms. The zero-order chi connectivity index (χ0) is 13.4. The monoisotopic (exact) mass is 338 g/mol. The molecule has 2 aromatic rings. The Morgan fingerprint density at radius 1 is 1.26 bits per heavy atom. The van der Waals surface area contributed by atoms with Gasteiger partial charge in [-0.1, -0.05) is 11.6 Å². The zero-order valence-electron chi connectivity index (χ0n) is 10.1. The number of fused-ring (bicyclic) bond motifs is 1. The first-order valence-electron chi connectivity index (χ1n) is 6.01. The molecule has 1 aromatic heterocycles. The third-order valence-corrected chi connectivity index (χ3v) is 4.46. The van der Waals surface area contributed by atoms with Crippen molar-refractivity contribution in [3.05, 3.63) is 39.0 Å². The summed E-state index contributed by atoms with van der Waals surface area (Å²) in [6.07, 6.45) is 3.07. The van der Waals surface area contributed by atoms with Gasteiger partial charge in [0.25, 0.3) is 0 Å². The van der Waals surface area contributed by atoms with E-state index in [1.165, 1.54) is 0 Å². The number of nitrogens with one attached hydrogen (secondary N) is 1. The number of hydrazine groups is 1. The second kappa shape index (κ2) is 5.07. The molecular formula is C13H12BrClN4. The van der Waals surface area contributed by atoms with E-state index in [9.17, 15) is 0 Å². The predicted octanol–water partition coefficient (Wildman–Crippen LogP) is 3.33. The minimum absolute atomic E-state index is 0.669. The number of aryl methyl sites for hydroxylation is 1. The number of anilines is 1. The highest BCUT2D eigenvalue weighted by Gasteiger charge is 2.19. The molecule has 6 heteroatoms. The summed E-state index contributed by atoms with van der Waals surface area (Å²) in [5, 5.41) is 0.669.